The van der Waals surface area contributed by atoms with E-state index in [9.17, 15) is 0 Å². The molecule has 0 aliphatic rings. The van der Waals surface area contributed by atoms with E-state index in [4.69, 9.17) is 4.74 Å². The number of hydrogen-bond acceptors (Lipinski definition) is 6. The molecule has 0 N–H and O–H groups in total. The number of benzene rings is 2. The van der Waals surface area contributed by atoms with E-state index in [2.05, 4.69) is 31.4 Å². The van der Waals surface area contributed by atoms with Gasteiger partial charge in [0.05, 0.1) is 19.2 Å². The summed E-state index contributed by atoms with van der Waals surface area (Å²) in [4.78, 5) is 8.60. The third-order valence-corrected chi connectivity index (χ3v) is 4.85. The van der Waals surface area contributed by atoms with Gasteiger partial charge in [0.1, 0.15) is 29.7 Å². The van der Waals surface area contributed by atoms with Crippen molar-refractivity contribution in [3.8, 4) is 22.8 Å². The van der Waals surface area contributed by atoms with Crippen molar-refractivity contribution >= 4 is 11.0 Å². The quantitative estimate of drug-likeness (QED) is 0.461. The van der Waals surface area contributed by atoms with Crippen LogP contribution in [0.2, 0.25) is 0 Å². The van der Waals surface area contributed by atoms with Gasteiger partial charge in [-0.3, -0.25) is 4.57 Å². The summed E-state index contributed by atoms with van der Waals surface area (Å²) in [5, 5.41) is 12.5. The van der Waals surface area contributed by atoms with Crippen LogP contribution < -0.4 is 4.74 Å². The zero-order valence-electron chi connectivity index (χ0n) is 16.0. The topological polar surface area (TPSA) is 88.5 Å². The van der Waals surface area contributed by atoms with Crippen molar-refractivity contribution in [1.82, 2.24) is 39.3 Å². The van der Waals surface area contributed by atoms with Crippen LogP contribution in [0.1, 0.15) is 5.56 Å². The molecule has 3 aromatic heterocycles. The second kappa shape index (κ2) is 6.86. The number of aromatic nitrogens is 8. The molecular weight excluding hydrogens is 368 g/mol. The number of fused-ring (bicyclic) bond motifs is 1. The number of imidazole rings is 1. The summed E-state index contributed by atoms with van der Waals surface area (Å²) in [6.07, 6.45) is 6.93. The third kappa shape index (κ3) is 3.02. The molecular formula is C20H18N8O. The summed E-state index contributed by atoms with van der Waals surface area (Å²) in [6.45, 7) is 0.559. The molecule has 0 amide bonds. The van der Waals surface area contributed by atoms with E-state index < -0.39 is 0 Å². The van der Waals surface area contributed by atoms with E-state index >= 15 is 0 Å². The predicted octanol–water partition coefficient (Wildman–Crippen LogP) is 2.47. The molecule has 2 aromatic carbocycles. The van der Waals surface area contributed by atoms with Crippen LogP contribution in [0, 0.1) is 0 Å². The minimum absolute atomic E-state index is 0.559. The van der Waals surface area contributed by atoms with Gasteiger partial charge in [0.2, 0.25) is 0 Å². The maximum absolute atomic E-state index is 5.53. The lowest BCUT2D eigenvalue weighted by atomic mass is 10.1. The van der Waals surface area contributed by atoms with Gasteiger partial charge in [-0.25, -0.2) is 19.3 Å². The lowest BCUT2D eigenvalue weighted by Gasteiger charge is -2.12. The van der Waals surface area contributed by atoms with Crippen molar-refractivity contribution in [3.63, 3.8) is 0 Å². The van der Waals surface area contributed by atoms with E-state index in [-0.39, 0.29) is 0 Å². The molecule has 0 saturated heterocycles. The second-order valence-corrected chi connectivity index (χ2v) is 6.63. The normalized spacial score (nSPS) is 11.2. The largest absolute Gasteiger partial charge is 0.496 e. The first-order chi connectivity index (χ1) is 14.2. The highest BCUT2D eigenvalue weighted by atomic mass is 16.5. The monoisotopic (exact) mass is 386 g/mol. The summed E-state index contributed by atoms with van der Waals surface area (Å²) in [7, 11) is 3.54. The van der Waals surface area contributed by atoms with Crippen LogP contribution in [0.4, 0.5) is 0 Å². The standard InChI is InChI=1S/C20H18N8O/c1-26-18-5-4-16(10-17(18)24-25-26)28-8-7-22-20(28)14-3-6-19(29-2)15(9-14)11-27-13-21-12-23-27/h3-10,12-13H,11H2,1-2H3. The molecule has 9 heteroatoms. The smallest absolute Gasteiger partial charge is 0.144 e. The molecule has 0 fully saturated rings. The average molecular weight is 386 g/mol. The Labute approximate surface area is 166 Å². The zero-order chi connectivity index (χ0) is 19.8. The van der Waals surface area contributed by atoms with Gasteiger partial charge in [0, 0.05) is 36.3 Å². The van der Waals surface area contributed by atoms with E-state index in [0.29, 0.717) is 6.54 Å². The highest BCUT2D eigenvalue weighted by Crippen LogP contribution is 2.28. The molecule has 0 aliphatic heterocycles. The van der Waals surface area contributed by atoms with E-state index in [1.54, 1.807) is 29.0 Å². The first kappa shape index (κ1) is 17.1. The maximum atomic E-state index is 5.53. The molecule has 0 unspecified atom stereocenters. The van der Waals surface area contributed by atoms with Gasteiger partial charge in [0.25, 0.3) is 0 Å². The van der Waals surface area contributed by atoms with Gasteiger partial charge in [0.15, 0.2) is 0 Å². The fraction of sp³-hybridized carbons (Fsp3) is 0.150. The Kier molecular flexibility index (Phi) is 4.05. The summed E-state index contributed by atoms with van der Waals surface area (Å²) in [6, 6.07) is 12.1. The second-order valence-electron chi connectivity index (χ2n) is 6.63. The van der Waals surface area contributed by atoms with Crippen LogP contribution in [0.5, 0.6) is 5.75 Å². The molecule has 9 nitrogen and oxygen atoms in total. The van der Waals surface area contributed by atoms with Crippen LogP contribution in [0.3, 0.4) is 0 Å². The van der Waals surface area contributed by atoms with Crippen LogP contribution in [-0.2, 0) is 13.6 Å². The molecule has 0 saturated carbocycles. The Hall–Kier alpha value is -4.01. The molecule has 0 atom stereocenters. The van der Waals surface area contributed by atoms with Gasteiger partial charge in [-0.05, 0) is 36.4 Å². The highest BCUT2D eigenvalue weighted by molar-refractivity contribution is 5.77. The van der Waals surface area contributed by atoms with E-state index in [0.717, 1.165) is 39.4 Å². The Morgan fingerprint density at radius 1 is 1.10 bits per heavy atom. The molecule has 29 heavy (non-hydrogen) atoms. The minimum Gasteiger partial charge on any atom is -0.496 e. The number of aryl methyl sites for hydroxylation is 1. The molecule has 0 spiro atoms. The lowest BCUT2D eigenvalue weighted by Crippen LogP contribution is -2.03. The fourth-order valence-electron chi connectivity index (χ4n) is 3.43. The number of hydrogen-bond donors (Lipinski definition) is 0. The summed E-state index contributed by atoms with van der Waals surface area (Å²) < 4.78 is 11.1. The average Bonchev–Trinajstić information content (AvgIpc) is 3.49. The molecule has 0 aliphatic carbocycles. The van der Waals surface area contributed by atoms with Gasteiger partial charge in [-0.2, -0.15) is 5.10 Å². The Bertz CT molecular complexity index is 1290. The van der Waals surface area contributed by atoms with Crippen LogP contribution in [0.25, 0.3) is 28.1 Å². The summed E-state index contributed by atoms with van der Waals surface area (Å²) in [5.41, 5.74) is 4.76. The maximum Gasteiger partial charge on any atom is 0.144 e. The zero-order valence-corrected chi connectivity index (χ0v) is 16.0. The first-order valence-corrected chi connectivity index (χ1v) is 9.06. The van der Waals surface area contributed by atoms with Crippen molar-refractivity contribution in [3.05, 3.63) is 67.0 Å². The Morgan fingerprint density at radius 3 is 2.86 bits per heavy atom. The number of rotatable bonds is 5. The van der Waals surface area contributed by atoms with Crippen LogP contribution in [-0.4, -0.2) is 46.4 Å². The molecule has 3 heterocycles. The van der Waals surface area contributed by atoms with Crippen LogP contribution >= 0.6 is 0 Å². The molecule has 5 aromatic rings. The number of methoxy groups -OCH3 is 1. The predicted molar refractivity (Wildman–Crippen MR) is 107 cm³/mol. The van der Waals surface area contributed by atoms with Crippen molar-refractivity contribution in [2.24, 2.45) is 7.05 Å². The summed E-state index contributed by atoms with van der Waals surface area (Å²) >= 11 is 0. The van der Waals surface area contributed by atoms with E-state index in [1.807, 2.05) is 48.1 Å². The Balaban J connectivity index is 1.57. The highest BCUT2D eigenvalue weighted by Gasteiger charge is 2.13. The Morgan fingerprint density at radius 2 is 2.03 bits per heavy atom. The lowest BCUT2D eigenvalue weighted by molar-refractivity contribution is 0.407. The molecule has 144 valence electrons. The third-order valence-electron chi connectivity index (χ3n) is 4.85. The molecule has 5 rings (SSSR count). The van der Waals surface area contributed by atoms with Crippen molar-refractivity contribution in [2.75, 3.05) is 7.11 Å². The minimum atomic E-state index is 0.559. The molecule has 0 radical (unpaired) electrons. The van der Waals surface area contributed by atoms with Gasteiger partial charge in [-0.15, -0.1) is 5.10 Å². The van der Waals surface area contributed by atoms with Crippen molar-refractivity contribution in [1.29, 1.82) is 0 Å². The van der Waals surface area contributed by atoms with Crippen molar-refractivity contribution < 1.29 is 4.74 Å². The molecule has 0 bridgehead atoms. The van der Waals surface area contributed by atoms with Gasteiger partial charge in [-0.1, -0.05) is 5.21 Å². The van der Waals surface area contributed by atoms with Crippen molar-refractivity contribution in [2.45, 2.75) is 6.54 Å². The van der Waals surface area contributed by atoms with Gasteiger partial charge >= 0.3 is 0 Å². The van der Waals surface area contributed by atoms with Crippen LogP contribution in [0.15, 0.2) is 61.4 Å². The SMILES string of the molecule is COc1ccc(-c2nccn2-c2ccc3c(c2)nnn3C)cc1Cn1cncn1. The number of ether oxygens (including phenoxy) is 1. The summed E-state index contributed by atoms with van der Waals surface area (Å²) in [5.74, 6) is 1.62. The number of nitrogens with zero attached hydrogens (tertiary/aromatic N) is 8. The first-order valence-electron chi connectivity index (χ1n) is 9.06. The van der Waals surface area contributed by atoms with Gasteiger partial charge < -0.3 is 4.74 Å². The fourth-order valence-corrected chi connectivity index (χ4v) is 3.43. The van der Waals surface area contributed by atoms with E-state index in [1.165, 1.54) is 6.33 Å².